The number of thiophene rings is 1. The highest BCUT2D eigenvalue weighted by atomic mass is 35.5. The van der Waals surface area contributed by atoms with E-state index in [1.807, 2.05) is 24.3 Å². The second-order valence-corrected chi connectivity index (χ2v) is 6.83. The van der Waals surface area contributed by atoms with Gasteiger partial charge in [0, 0.05) is 23.2 Å². The molecule has 0 radical (unpaired) electrons. The maximum Gasteiger partial charge on any atom is 0.262 e. The number of nitrogens with one attached hydrogen (secondary N) is 1. The van der Waals surface area contributed by atoms with Crippen molar-refractivity contribution in [2.45, 2.75) is 19.3 Å². The number of aliphatic hydroxyl groups is 1. The van der Waals surface area contributed by atoms with Crippen LogP contribution in [-0.2, 0) is 0 Å². The van der Waals surface area contributed by atoms with E-state index in [9.17, 15) is 4.79 Å². The lowest BCUT2D eigenvalue weighted by atomic mass is 10.0. The highest BCUT2D eigenvalue weighted by Gasteiger charge is 2.42. The van der Waals surface area contributed by atoms with Gasteiger partial charge in [0.15, 0.2) is 0 Å². The van der Waals surface area contributed by atoms with Gasteiger partial charge in [-0.1, -0.05) is 29.8 Å². The zero-order valence-corrected chi connectivity index (χ0v) is 12.6. The Kier molecular flexibility index (Phi) is 3.71. The maximum atomic E-state index is 12.3. The molecule has 1 amide bonds. The molecule has 1 aliphatic carbocycles. The van der Waals surface area contributed by atoms with Crippen molar-refractivity contribution in [2.24, 2.45) is 5.41 Å². The third-order valence-electron chi connectivity index (χ3n) is 3.96. The summed E-state index contributed by atoms with van der Waals surface area (Å²) in [6.07, 6.45) is 2.91. The number of aliphatic hydroxyl groups excluding tert-OH is 1. The smallest absolute Gasteiger partial charge is 0.262 e. The number of hydrogen-bond donors (Lipinski definition) is 2. The van der Waals surface area contributed by atoms with Gasteiger partial charge in [-0.15, -0.1) is 11.3 Å². The number of carbonyl (C=O) groups is 1. The molecular formula is C15H16ClNO2S. The van der Waals surface area contributed by atoms with Crippen LogP contribution in [0.15, 0.2) is 24.3 Å². The molecule has 1 fully saturated rings. The van der Waals surface area contributed by atoms with Crippen molar-refractivity contribution in [3.8, 4) is 0 Å². The van der Waals surface area contributed by atoms with E-state index in [4.69, 9.17) is 16.7 Å². The monoisotopic (exact) mass is 309 g/mol. The van der Waals surface area contributed by atoms with E-state index in [-0.39, 0.29) is 17.9 Å². The van der Waals surface area contributed by atoms with Crippen LogP contribution in [0.4, 0.5) is 0 Å². The summed E-state index contributed by atoms with van der Waals surface area (Å²) in [5, 5.41) is 13.5. The predicted octanol–water partition coefficient (Wildman–Crippen LogP) is 3.45. The number of benzene rings is 1. The van der Waals surface area contributed by atoms with E-state index in [0.29, 0.717) is 16.4 Å². The second kappa shape index (κ2) is 5.35. The fourth-order valence-corrected chi connectivity index (χ4v) is 3.87. The summed E-state index contributed by atoms with van der Waals surface area (Å²) in [6, 6.07) is 7.76. The zero-order chi connectivity index (χ0) is 14.2. The molecule has 2 aromatic rings. The van der Waals surface area contributed by atoms with Gasteiger partial charge in [-0.3, -0.25) is 4.79 Å². The average molecular weight is 310 g/mol. The van der Waals surface area contributed by atoms with Crippen LogP contribution in [0.5, 0.6) is 0 Å². The SMILES string of the molecule is O=C(NCC1(CCO)CC1)c1sc2ccccc2c1Cl. The number of halogens is 1. The van der Waals surface area contributed by atoms with Crippen molar-refractivity contribution >= 4 is 38.9 Å². The molecule has 0 unspecified atom stereocenters. The highest BCUT2D eigenvalue weighted by molar-refractivity contribution is 7.21. The molecular weight excluding hydrogens is 294 g/mol. The second-order valence-electron chi connectivity index (χ2n) is 5.40. The van der Waals surface area contributed by atoms with Gasteiger partial charge < -0.3 is 10.4 Å². The third kappa shape index (κ3) is 2.55. The lowest BCUT2D eigenvalue weighted by Crippen LogP contribution is -2.30. The molecule has 0 atom stereocenters. The molecule has 0 bridgehead atoms. The molecule has 0 saturated heterocycles. The Labute approximate surface area is 126 Å². The van der Waals surface area contributed by atoms with Crippen LogP contribution < -0.4 is 5.32 Å². The standard InChI is InChI=1S/C15H16ClNO2S/c16-12-10-3-1-2-4-11(10)20-13(12)14(19)17-9-15(5-6-15)7-8-18/h1-4,18H,5-9H2,(H,17,19). The number of amides is 1. The minimum Gasteiger partial charge on any atom is -0.396 e. The zero-order valence-electron chi connectivity index (χ0n) is 11.0. The Morgan fingerprint density at radius 1 is 1.40 bits per heavy atom. The van der Waals surface area contributed by atoms with Gasteiger partial charge in [0.05, 0.1) is 5.02 Å². The molecule has 5 heteroatoms. The summed E-state index contributed by atoms with van der Waals surface area (Å²) in [5.74, 6) is -0.111. The van der Waals surface area contributed by atoms with Crippen LogP contribution in [0.3, 0.4) is 0 Å². The number of hydrogen-bond acceptors (Lipinski definition) is 3. The minimum atomic E-state index is -0.111. The number of fused-ring (bicyclic) bond motifs is 1. The molecule has 20 heavy (non-hydrogen) atoms. The van der Waals surface area contributed by atoms with Crippen molar-refractivity contribution in [1.29, 1.82) is 0 Å². The van der Waals surface area contributed by atoms with E-state index in [1.54, 1.807) is 0 Å². The van der Waals surface area contributed by atoms with Crippen molar-refractivity contribution in [1.82, 2.24) is 5.32 Å². The summed E-state index contributed by atoms with van der Waals surface area (Å²) in [4.78, 5) is 12.8. The Bertz CT molecular complexity index is 648. The normalized spacial score (nSPS) is 16.3. The minimum absolute atomic E-state index is 0.111. The van der Waals surface area contributed by atoms with Crippen molar-refractivity contribution in [3.05, 3.63) is 34.2 Å². The number of carbonyl (C=O) groups excluding carboxylic acids is 1. The first kappa shape index (κ1) is 13.9. The van der Waals surface area contributed by atoms with E-state index >= 15 is 0 Å². The first-order valence-corrected chi connectivity index (χ1v) is 7.91. The third-order valence-corrected chi connectivity index (χ3v) is 5.64. The predicted molar refractivity (Wildman–Crippen MR) is 82.5 cm³/mol. The quantitative estimate of drug-likeness (QED) is 0.889. The van der Waals surface area contributed by atoms with E-state index in [2.05, 4.69) is 5.32 Å². The van der Waals surface area contributed by atoms with Crippen LogP contribution in [0.2, 0.25) is 5.02 Å². The van der Waals surface area contributed by atoms with Gasteiger partial charge in [0.1, 0.15) is 4.88 Å². The Hall–Kier alpha value is -1.10. The first-order valence-electron chi connectivity index (χ1n) is 6.71. The van der Waals surface area contributed by atoms with Gasteiger partial charge in [-0.05, 0) is 30.7 Å². The first-order chi connectivity index (χ1) is 9.65. The van der Waals surface area contributed by atoms with E-state index in [1.165, 1.54) is 11.3 Å². The van der Waals surface area contributed by atoms with Gasteiger partial charge in [0.25, 0.3) is 5.91 Å². The van der Waals surface area contributed by atoms with Crippen LogP contribution in [0.25, 0.3) is 10.1 Å². The molecule has 1 aromatic carbocycles. The van der Waals surface area contributed by atoms with Crippen LogP contribution in [-0.4, -0.2) is 24.2 Å². The highest BCUT2D eigenvalue weighted by Crippen LogP contribution is 2.48. The molecule has 0 spiro atoms. The van der Waals surface area contributed by atoms with E-state index in [0.717, 1.165) is 29.3 Å². The molecule has 1 saturated carbocycles. The molecule has 1 aliphatic rings. The molecule has 2 N–H and O–H groups in total. The van der Waals surface area contributed by atoms with E-state index < -0.39 is 0 Å². The molecule has 3 rings (SSSR count). The molecule has 1 aromatic heterocycles. The van der Waals surface area contributed by atoms with Gasteiger partial charge in [-0.25, -0.2) is 0 Å². The lowest BCUT2D eigenvalue weighted by Gasteiger charge is -2.14. The fourth-order valence-electron chi connectivity index (χ4n) is 2.44. The van der Waals surface area contributed by atoms with Gasteiger partial charge in [-0.2, -0.15) is 0 Å². The van der Waals surface area contributed by atoms with Crippen LogP contribution in [0, 0.1) is 5.41 Å². The van der Waals surface area contributed by atoms with Gasteiger partial charge in [0.2, 0.25) is 0 Å². The van der Waals surface area contributed by atoms with Crippen LogP contribution in [0.1, 0.15) is 28.9 Å². The van der Waals surface area contributed by atoms with Crippen molar-refractivity contribution in [3.63, 3.8) is 0 Å². The average Bonchev–Trinajstić information content (AvgIpc) is 3.14. The summed E-state index contributed by atoms with van der Waals surface area (Å²) in [7, 11) is 0. The van der Waals surface area contributed by atoms with Crippen LogP contribution >= 0.6 is 22.9 Å². The maximum absolute atomic E-state index is 12.3. The Morgan fingerprint density at radius 3 is 2.80 bits per heavy atom. The molecule has 0 aliphatic heterocycles. The fraction of sp³-hybridized carbons (Fsp3) is 0.400. The Balaban J connectivity index is 1.74. The summed E-state index contributed by atoms with van der Waals surface area (Å²) >= 11 is 7.71. The van der Waals surface area contributed by atoms with Crippen molar-refractivity contribution in [2.75, 3.05) is 13.2 Å². The van der Waals surface area contributed by atoms with Crippen molar-refractivity contribution < 1.29 is 9.90 Å². The Morgan fingerprint density at radius 2 is 2.15 bits per heavy atom. The van der Waals surface area contributed by atoms with Gasteiger partial charge >= 0.3 is 0 Å². The molecule has 106 valence electrons. The summed E-state index contributed by atoms with van der Waals surface area (Å²) < 4.78 is 1.03. The largest absolute Gasteiger partial charge is 0.396 e. The molecule has 3 nitrogen and oxygen atoms in total. The summed E-state index contributed by atoms with van der Waals surface area (Å²) in [5.41, 5.74) is 0.119. The molecule has 1 heterocycles. The topological polar surface area (TPSA) is 49.3 Å². The number of rotatable bonds is 5. The summed E-state index contributed by atoms with van der Waals surface area (Å²) in [6.45, 7) is 0.802. The lowest BCUT2D eigenvalue weighted by molar-refractivity contribution is 0.0945.